The molecule has 0 aliphatic carbocycles. The molecule has 0 amide bonds. The molecule has 0 bridgehead atoms. The highest BCUT2D eigenvalue weighted by atomic mass is 35.5. The first kappa shape index (κ1) is 12.5. The van der Waals surface area contributed by atoms with E-state index in [1.807, 2.05) is 17.8 Å². The first-order valence-electron chi connectivity index (χ1n) is 5.39. The van der Waals surface area contributed by atoms with Gasteiger partial charge >= 0.3 is 0 Å². The Balaban J connectivity index is 2.20. The third-order valence-corrected chi connectivity index (χ3v) is 2.30. The van der Waals surface area contributed by atoms with E-state index in [4.69, 9.17) is 16.3 Å². The topological polar surface area (TPSA) is 39.9 Å². The Morgan fingerprint density at radius 3 is 3.07 bits per heavy atom. The van der Waals surface area contributed by atoms with E-state index in [-0.39, 0.29) is 0 Å². The number of hydrogen-bond acceptors (Lipinski definition) is 3. The van der Waals surface area contributed by atoms with Crippen LogP contribution in [0.3, 0.4) is 0 Å². The van der Waals surface area contributed by atoms with Crippen LogP contribution in [0, 0.1) is 0 Å². The lowest BCUT2D eigenvalue weighted by atomic mass is 10.3. The van der Waals surface area contributed by atoms with Gasteiger partial charge < -0.3 is 4.74 Å². The van der Waals surface area contributed by atoms with Crippen molar-refractivity contribution in [2.24, 2.45) is 0 Å². The molecular weight excluding hydrogens is 214 g/mol. The molecule has 5 heteroatoms. The van der Waals surface area contributed by atoms with Crippen LogP contribution in [-0.4, -0.2) is 34.1 Å². The van der Waals surface area contributed by atoms with E-state index in [0.717, 1.165) is 44.7 Å². The molecule has 0 saturated carbocycles. The largest absolute Gasteiger partial charge is 0.382 e. The monoisotopic (exact) mass is 231 g/mol. The van der Waals surface area contributed by atoms with Crippen LogP contribution in [0.25, 0.3) is 0 Å². The lowest BCUT2D eigenvalue weighted by molar-refractivity contribution is 0.140. The predicted molar refractivity (Wildman–Crippen MR) is 60.2 cm³/mol. The second-order valence-electron chi connectivity index (χ2n) is 3.32. The van der Waals surface area contributed by atoms with Crippen LogP contribution in [0.2, 0.25) is 0 Å². The summed E-state index contributed by atoms with van der Waals surface area (Å²) < 4.78 is 7.11. The van der Waals surface area contributed by atoms with Crippen molar-refractivity contribution < 1.29 is 4.74 Å². The van der Waals surface area contributed by atoms with Crippen LogP contribution >= 0.6 is 11.6 Å². The summed E-state index contributed by atoms with van der Waals surface area (Å²) in [6.07, 6.45) is 4.83. The van der Waals surface area contributed by atoms with Gasteiger partial charge in [-0.2, -0.15) is 0 Å². The van der Waals surface area contributed by atoms with Gasteiger partial charge in [0.1, 0.15) is 0 Å². The predicted octanol–water partition coefficient (Wildman–Crippen LogP) is 1.88. The minimum Gasteiger partial charge on any atom is -0.382 e. The molecule has 4 nitrogen and oxygen atoms in total. The molecule has 0 radical (unpaired) electrons. The molecule has 0 unspecified atom stereocenters. The summed E-state index contributed by atoms with van der Waals surface area (Å²) in [6.45, 7) is 4.43. The summed E-state index contributed by atoms with van der Waals surface area (Å²) in [5.41, 5.74) is 1.02. The molecule has 1 aromatic heterocycles. The molecule has 1 rings (SSSR count). The molecule has 0 aliphatic rings. The first-order valence-corrected chi connectivity index (χ1v) is 5.93. The van der Waals surface area contributed by atoms with Gasteiger partial charge in [-0.25, -0.2) is 0 Å². The van der Waals surface area contributed by atoms with Crippen molar-refractivity contribution >= 4 is 11.6 Å². The smallest absolute Gasteiger partial charge is 0.0827 e. The highest BCUT2D eigenvalue weighted by Crippen LogP contribution is 2.00. The number of alkyl halides is 1. The second-order valence-corrected chi connectivity index (χ2v) is 3.69. The molecule has 0 atom stereocenters. The summed E-state index contributed by atoms with van der Waals surface area (Å²) in [5, 5.41) is 8.10. The number of nitrogens with zero attached hydrogens (tertiary/aromatic N) is 3. The van der Waals surface area contributed by atoms with E-state index in [1.165, 1.54) is 0 Å². The lowest BCUT2D eigenvalue weighted by Gasteiger charge is -2.00. The fourth-order valence-corrected chi connectivity index (χ4v) is 1.42. The van der Waals surface area contributed by atoms with Gasteiger partial charge in [0, 0.05) is 31.8 Å². The Morgan fingerprint density at radius 2 is 2.33 bits per heavy atom. The van der Waals surface area contributed by atoms with E-state index in [1.54, 1.807) is 0 Å². The zero-order valence-corrected chi connectivity index (χ0v) is 9.91. The van der Waals surface area contributed by atoms with Crippen molar-refractivity contribution in [1.29, 1.82) is 0 Å². The summed E-state index contributed by atoms with van der Waals surface area (Å²) in [4.78, 5) is 0. The zero-order chi connectivity index (χ0) is 10.9. The average Bonchev–Trinajstić information content (AvgIpc) is 2.69. The van der Waals surface area contributed by atoms with Crippen molar-refractivity contribution in [3.63, 3.8) is 0 Å². The summed E-state index contributed by atoms with van der Waals surface area (Å²) in [5.74, 6) is 0.678. The van der Waals surface area contributed by atoms with Gasteiger partial charge in [-0.1, -0.05) is 5.21 Å². The van der Waals surface area contributed by atoms with Gasteiger partial charge in [-0.05, 0) is 26.2 Å². The minimum atomic E-state index is 0.678. The van der Waals surface area contributed by atoms with Gasteiger partial charge in [-0.3, -0.25) is 4.68 Å². The summed E-state index contributed by atoms with van der Waals surface area (Å²) in [6, 6.07) is 0. The molecule has 0 saturated heterocycles. The number of aryl methyl sites for hydroxylation is 2. The third kappa shape index (κ3) is 5.14. The average molecular weight is 232 g/mol. The maximum atomic E-state index is 5.61. The highest BCUT2D eigenvalue weighted by molar-refractivity contribution is 6.17. The van der Waals surface area contributed by atoms with Gasteiger partial charge in [0.15, 0.2) is 0 Å². The second kappa shape index (κ2) is 7.65. The molecule has 86 valence electrons. The molecule has 0 N–H and O–H groups in total. The van der Waals surface area contributed by atoms with E-state index >= 15 is 0 Å². The van der Waals surface area contributed by atoms with E-state index in [0.29, 0.717) is 5.88 Å². The number of hydrogen-bond donors (Lipinski definition) is 0. The Kier molecular flexibility index (Phi) is 6.36. The SMILES string of the molecule is CCOCCCn1cc(CCCCl)nn1. The van der Waals surface area contributed by atoms with Crippen LogP contribution in [-0.2, 0) is 17.7 Å². The van der Waals surface area contributed by atoms with Crippen LogP contribution < -0.4 is 0 Å². The molecule has 0 aromatic carbocycles. The Bertz CT molecular complexity index is 265. The normalized spacial score (nSPS) is 10.8. The van der Waals surface area contributed by atoms with Crippen molar-refractivity contribution in [3.8, 4) is 0 Å². The fourth-order valence-electron chi connectivity index (χ4n) is 1.28. The van der Waals surface area contributed by atoms with Crippen molar-refractivity contribution in [3.05, 3.63) is 11.9 Å². The van der Waals surface area contributed by atoms with Crippen LogP contribution in [0.15, 0.2) is 6.20 Å². The Hall–Kier alpha value is -0.610. The lowest BCUT2D eigenvalue weighted by Crippen LogP contribution is -2.03. The molecule has 1 heterocycles. The maximum absolute atomic E-state index is 5.61. The van der Waals surface area contributed by atoms with Crippen LogP contribution in [0.1, 0.15) is 25.5 Å². The molecule has 15 heavy (non-hydrogen) atoms. The van der Waals surface area contributed by atoms with E-state index in [9.17, 15) is 0 Å². The molecule has 1 aromatic rings. The van der Waals surface area contributed by atoms with Gasteiger partial charge in [0.2, 0.25) is 0 Å². The van der Waals surface area contributed by atoms with E-state index in [2.05, 4.69) is 10.3 Å². The summed E-state index contributed by atoms with van der Waals surface area (Å²) >= 11 is 5.61. The van der Waals surface area contributed by atoms with Crippen molar-refractivity contribution in [2.75, 3.05) is 19.1 Å². The van der Waals surface area contributed by atoms with E-state index < -0.39 is 0 Å². The van der Waals surface area contributed by atoms with Gasteiger partial charge in [0.25, 0.3) is 0 Å². The molecule has 0 spiro atoms. The van der Waals surface area contributed by atoms with Gasteiger partial charge in [0.05, 0.1) is 5.69 Å². The number of rotatable bonds is 8. The van der Waals surface area contributed by atoms with Gasteiger partial charge in [-0.15, -0.1) is 16.7 Å². The van der Waals surface area contributed by atoms with Crippen molar-refractivity contribution in [2.45, 2.75) is 32.7 Å². The standard InChI is InChI=1S/C10H18ClN3O/c1-2-15-8-4-7-14-9-10(12-13-14)5-3-6-11/h9H,2-8H2,1H3. The molecular formula is C10H18ClN3O. The number of aromatic nitrogens is 3. The minimum absolute atomic E-state index is 0.678. The first-order chi connectivity index (χ1) is 7.36. The highest BCUT2D eigenvalue weighted by Gasteiger charge is 1.99. The summed E-state index contributed by atoms with van der Waals surface area (Å²) in [7, 11) is 0. The van der Waals surface area contributed by atoms with Crippen LogP contribution in [0.5, 0.6) is 0 Å². The van der Waals surface area contributed by atoms with Crippen LogP contribution in [0.4, 0.5) is 0 Å². The molecule has 0 fully saturated rings. The quantitative estimate of drug-likeness (QED) is 0.507. The maximum Gasteiger partial charge on any atom is 0.0827 e. The number of halogens is 1. The Morgan fingerprint density at radius 1 is 1.47 bits per heavy atom. The third-order valence-electron chi connectivity index (χ3n) is 2.03. The fraction of sp³-hybridized carbons (Fsp3) is 0.800. The Labute approximate surface area is 95.6 Å². The number of ether oxygens (including phenoxy) is 1. The van der Waals surface area contributed by atoms with Crippen molar-refractivity contribution in [1.82, 2.24) is 15.0 Å². The zero-order valence-electron chi connectivity index (χ0n) is 9.15. The molecule has 0 aliphatic heterocycles.